The second-order valence-corrected chi connectivity index (χ2v) is 10.7. The van der Waals surface area contributed by atoms with Gasteiger partial charge in [0.05, 0.1) is 23.0 Å². The van der Waals surface area contributed by atoms with Gasteiger partial charge in [0, 0.05) is 11.8 Å². The molecule has 1 aliphatic carbocycles. The second kappa shape index (κ2) is 8.88. The minimum atomic E-state index is -3.34. The van der Waals surface area contributed by atoms with Crippen molar-refractivity contribution in [2.24, 2.45) is 5.92 Å². The summed E-state index contributed by atoms with van der Waals surface area (Å²) in [6, 6.07) is 4.96. The van der Waals surface area contributed by atoms with E-state index in [2.05, 4.69) is 15.3 Å². The van der Waals surface area contributed by atoms with Crippen LogP contribution in [0.5, 0.6) is 0 Å². The second-order valence-electron chi connectivity index (χ2n) is 8.68. The molecule has 1 aromatic heterocycles. The van der Waals surface area contributed by atoms with Crippen molar-refractivity contribution in [2.45, 2.75) is 57.0 Å². The van der Waals surface area contributed by atoms with Crippen molar-refractivity contribution in [3.8, 4) is 0 Å². The van der Waals surface area contributed by atoms with Crippen LogP contribution in [0.2, 0.25) is 0 Å². The fourth-order valence-corrected chi connectivity index (χ4v) is 4.75. The topological polar surface area (TPSA) is 109 Å². The molecule has 1 aromatic carbocycles. The Bertz CT molecular complexity index is 1090. The molecule has 0 saturated heterocycles. The van der Waals surface area contributed by atoms with Gasteiger partial charge in [-0.1, -0.05) is 25.0 Å². The Morgan fingerprint density at radius 2 is 1.87 bits per heavy atom. The van der Waals surface area contributed by atoms with E-state index in [4.69, 9.17) is 0 Å². The normalized spacial score (nSPS) is 15.8. The molecule has 1 heterocycles. The number of rotatable bonds is 6. The Balaban J connectivity index is 1.92. The van der Waals surface area contributed by atoms with E-state index < -0.39 is 15.4 Å². The lowest BCUT2D eigenvalue weighted by Crippen LogP contribution is -2.19. The SMILES string of the molecule is Cc1cc(/C(=C\C2CCCC2)C(=O)Nc2cnc(C(C)(C)O)cn2)ccc1S(C)(=O)=O. The Labute approximate surface area is 183 Å². The standard InChI is InChI=1S/C23H29N3O4S/c1-15-11-17(9-10-19(15)31(4,29)30)18(12-16-7-5-6-8-16)22(27)26-21-14-24-20(13-25-21)23(2,3)28/h9-14,16,28H,5-8H2,1-4H3,(H,25,26,27)/b18-12+. The van der Waals surface area contributed by atoms with Crippen LogP contribution in [0, 0.1) is 12.8 Å². The zero-order chi connectivity index (χ0) is 22.8. The number of carbonyl (C=O) groups is 1. The maximum Gasteiger partial charge on any atom is 0.257 e. The molecule has 7 nitrogen and oxygen atoms in total. The van der Waals surface area contributed by atoms with Crippen molar-refractivity contribution in [3.63, 3.8) is 0 Å². The van der Waals surface area contributed by atoms with Crippen molar-refractivity contribution < 1.29 is 18.3 Å². The van der Waals surface area contributed by atoms with Crippen molar-refractivity contribution >= 4 is 27.1 Å². The van der Waals surface area contributed by atoms with Gasteiger partial charge < -0.3 is 10.4 Å². The van der Waals surface area contributed by atoms with E-state index in [-0.39, 0.29) is 16.6 Å². The Hall–Kier alpha value is -2.58. The van der Waals surface area contributed by atoms with Gasteiger partial charge in [-0.05, 0) is 62.8 Å². The molecule has 3 rings (SSSR count). The van der Waals surface area contributed by atoms with Gasteiger partial charge in [0.1, 0.15) is 5.60 Å². The third-order valence-electron chi connectivity index (χ3n) is 5.45. The average molecular weight is 444 g/mol. The number of carbonyl (C=O) groups excluding carboxylic acids is 1. The maximum atomic E-state index is 13.2. The van der Waals surface area contributed by atoms with E-state index in [9.17, 15) is 18.3 Å². The quantitative estimate of drug-likeness (QED) is 0.660. The molecule has 2 aromatic rings. The summed E-state index contributed by atoms with van der Waals surface area (Å²) in [5.74, 6) is 0.253. The van der Waals surface area contributed by atoms with E-state index >= 15 is 0 Å². The fraction of sp³-hybridized carbons (Fsp3) is 0.435. The molecule has 166 valence electrons. The average Bonchev–Trinajstić information content (AvgIpc) is 3.18. The first kappa shape index (κ1) is 23.1. The third-order valence-corrected chi connectivity index (χ3v) is 6.71. The minimum Gasteiger partial charge on any atom is -0.384 e. The zero-order valence-electron chi connectivity index (χ0n) is 18.3. The summed E-state index contributed by atoms with van der Waals surface area (Å²) < 4.78 is 23.9. The lowest BCUT2D eigenvalue weighted by Gasteiger charge is -2.16. The van der Waals surface area contributed by atoms with Crippen LogP contribution in [0.1, 0.15) is 56.4 Å². The molecule has 1 aliphatic rings. The number of nitrogens with zero attached hydrogens (tertiary/aromatic N) is 2. The Morgan fingerprint density at radius 3 is 2.39 bits per heavy atom. The van der Waals surface area contributed by atoms with Crippen LogP contribution in [-0.4, -0.2) is 35.7 Å². The van der Waals surface area contributed by atoms with E-state index in [0.717, 1.165) is 25.7 Å². The molecule has 0 spiro atoms. The summed E-state index contributed by atoms with van der Waals surface area (Å²) in [5.41, 5.74) is 1.03. The summed E-state index contributed by atoms with van der Waals surface area (Å²) in [6.45, 7) is 4.95. The van der Waals surface area contributed by atoms with E-state index in [1.165, 1.54) is 18.6 Å². The van der Waals surface area contributed by atoms with Gasteiger partial charge in [0.25, 0.3) is 5.91 Å². The number of aromatic nitrogens is 2. The summed E-state index contributed by atoms with van der Waals surface area (Å²) in [7, 11) is -3.34. The highest BCUT2D eigenvalue weighted by Crippen LogP contribution is 2.31. The first-order valence-corrected chi connectivity index (χ1v) is 12.2. The molecule has 0 atom stereocenters. The largest absolute Gasteiger partial charge is 0.384 e. The number of hydrogen-bond acceptors (Lipinski definition) is 6. The van der Waals surface area contributed by atoms with Gasteiger partial charge in [-0.2, -0.15) is 0 Å². The van der Waals surface area contributed by atoms with Crippen LogP contribution in [0.15, 0.2) is 41.6 Å². The van der Waals surface area contributed by atoms with Crippen molar-refractivity contribution in [1.29, 1.82) is 0 Å². The van der Waals surface area contributed by atoms with Gasteiger partial charge in [0.2, 0.25) is 0 Å². The smallest absolute Gasteiger partial charge is 0.257 e. The zero-order valence-corrected chi connectivity index (χ0v) is 19.2. The molecule has 0 aliphatic heterocycles. The number of sulfone groups is 1. The van der Waals surface area contributed by atoms with Gasteiger partial charge in [0.15, 0.2) is 15.7 Å². The van der Waals surface area contributed by atoms with Gasteiger partial charge in [-0.3, -0.25) is 9.78 Å². The molecule has 0 radical (unpaired) electrons. The molecular weight excluding hydrogens is 414 g/mol. The predicted octanol–water partition coefficient (Wildman–Crippen LogP) is 3.63. The summed E-state index contributed by atoms with van der Waals surface area (Å²) >= 11 is 0. The fourth-order valence-electron chi connectivity index (χ4n) is 3.79. The number of hydrogen-bond donors (Lipinski definition) is 2. The molecule has 1 fully saturated rings. The molecule has 1 amide bonds. The van der Waals surface area contributed by atoms with Crippen LogP contribution in [0.3, 0.4) is 0 Å². The number of amides is 1. The lowest BCUT2D eigenvalue weighted by atomic mass is 9.97. The molecule has 8 heteroatoms. The molecule has 1 saturated carbocycles. The highest BCUT2D eigenvalue weighted by Gasteiger charge is 2.22. The number of anilines is 1. The van der Waals surface area contributed by atoms with Crippen molar-refractivity contribution in [3.05, 3.63) is 53.5 Å². The molecule has 0 bridgehead atoms. The van der Waals surface area contributed by atoms with Crippen LogP contribution in [0.4, 0.5) is 5.82 Å². The van der Waals surface area contributed by atoms with Crippen LogP contribution in [0.25, 0.3) is 5.57 Å². The summed E-state index contributed by atoms with van der Waals surface area (Å²) in [6.07, 6.45) is 10.3. The van der Waals surface area contributed by atoms with E-state index in [1.807, 2.05) is 6.08 Å². The molecule has 2 N–H and O–H groups in total. The van der Waals surface area contributed by atoms with Crippen LogP contribution < -0.4 is 5.32 Å². The van der Waals surface area contributed by atoms with Crippen LogP contribution >= 0.6 is 0 Å². The van der Waals surface area contributed by atoms with Crippen molar-refractivity contribution in [2.75, 3.05) is 11.6 Å². The van der Waals surface area contributed by atoms with Crippen molar-refractivity contribution in [1.82, 2.24) is 9.97 Å². The minimum absolute atomic E-state index is 0.255. The lowest BCUT2D eigenvalue weighted by molar-refractivity contribution is -0.111. The molecule has 0 unspecified atom stereocenters. The Kier molecular flexibility index (Phi) is 6.62. The highest BCUT2D eigenvalue weighted by atomic mass is 32.2. The maximum absolute atomic E-state index is 13.2. The Morgan fingerprint density at radius 1 is 1.19 bits per heavy atom. The highest BCUT2D eigenvalue weighted by molar-refractivity contribution is 7.90. The number of benzene rings is 1. The number of allylic oxidation sites excluding steroid dienone is 1. The first-order valence-electron chi connectivity index (χ1n) is 10.3. The first-order chi connectivity index (χ1) is 14.4. The monoisotopic (exact) mass is 443 g/mol. The molecular formula is C23H29N3O4S. The predicted molar refractivity (Wildman–Crippen MR) is 120 cm³/mol. The summed E-state index contributed by atoms with van der Waals surface area (Å²) in [4.78, 5) is 21.8. The summed E-state index contributed by atoms with van der Waals surface area (Å²) in [5, 5.41) is 12.8. The van der Waals surface area contributed by atoms with Gasteiger partial charge >= 0.3 is 0 Å². The van der Waals surface area contributed by atoms with Gasteiger partial charge in [-0.25, -0.2) is 13.4 Å². The van der Waals surface area contributed by atoms with Gasteiger partial charge in [-0.15, -0.1) is 0 Å². The number of aliphatic hydroxyl groups is 1. The number of aryl methyl sites for hydroxylation is 1. The van der Waals surface area contributed by atoms with Crippen LogP contribution in [-0.2, 0) is 20.2 Å². The third kappa shape index (κ3) is 5.77. The number of nitrogens with one attached hydrogen (secondary N) is 1. The van der Waals surface area contributed by atoms with E-state index in [1.54, 1.807) is 39.0 Å². The molecule has 31 heavy (non-hydrogen) atoms. The van der Waals surface area contributed by atoms with E-state index in [0.29, 0.717) is 28.3 Å².